The number of likely N-dealkylation sites (tertiary alicyclic amines) is 1. The molecule has 1 aliphatic rings. The first-order chi connectivity index (χ1) is 10.5. The quantitative estimate of drug-likeness (QED) is 0.867. The van der Waals surface area contributed by atoms with Gasteiger partial charge < -0.3 is 15.3 Å². The highest BCUT2D eigenvalue weighted by Crippen LogP contribution is 2.31. The molecule has 5 nitrogen and oxygen atoms in total. The van der Waals surface area contributed by atoms with Crippen molar-refractivity contribution in [3.63, 3.8) is 0 Å². The standard InChI is InChI=1S/C17H24N2O3/c1-13(9-12-20)18-16(22)17(2)10-6-11-19(17)15(21)14-7-4-3-5-8-14/h3-5,7-8,13,20H,6,9-12H2,1-2H3,(H,18,22)/t13-,17?/m1/s1. The van der Waals surface area contributed by atoms with Crippen LogP contribution in [0.25, 0.3) is 0 Å². The molecule has 0 bridgehead atoms. The topological polar surface area (TPSA) is 69.6 Å². The van der Waals surface area contributed by atoms with E-state index in [0.717, 1.165) is 6.42 Å². The molecule has 120 valence electrons. The van der Waals surface area contributed by atoms with E-state index in [1.165, 1.54) is 0 Å². The Morgan fingerprint density at radius 2 is 2.05 bits per heavy atom. The summed E-state index contributed by atoms with van der Waals surface area (Å²) in [6.07, 6.45) is 1.98. The molecule has 2 N–H and O–H groups in total. The molecule has 1 saturated heterocycles. The lowest BCUT2D eigenvalue weighted by Gasteiger charge is -2.35. The number of nitrogens with one attached hydrogen (secondary N) is 1. The van der Waals surface area contributed by atoms with Crippen molar-refractivity contribution in [1.29, 1.82) is 0 Å². The molecule has 0 aliphatic carbocycles. The van der Waals surface area contributed by atoms with Crippen molar-refractivity contribution in [3.8, 4) is 0 Å². The molecule has 2 rings (SSSR count). The molecular formula is C17H24N2O3. The molecule has 1 aromatic carbocycles. The lowest BCUT2D eigenvalue weighted by atomic mass is 9.96. The van der Waals surface area contributed by atoms with Gasteiger partial charge in [0.05, 0.1) is 0 Å². The van der Waals surface area contributed by atoms with Crippen molar-refractivity contribution in [2.24, 2.45) is 0 Å². The molecule has 0 radical (unpaired) electrons. The number of amides is 2. The number of nitrogens with zero attached hydrogens (tertiary/aromatic N) is 1. The van der Waals surface area contributed by atoms with E-state index in [2.05, 4.69) is 5.32 Å². The second-order valence-electron chi connectivity index (χ2n) is 6.09. The second kappa shape index (κ2) is 6.92. The van der Waals surface area contributed by atoms with Crippen molar-refractivity contribution < 1.29 is 14.7 Å². The predicted octanol–water partition coefficient (Wildman–Crippen LogP) is 1.57. The van der Waals surface area contributed by atoms with Crippen LogP contribution in [-0.2, 0) is 4.79 Å². The normalized spacial score (nSPS) is 22.4. The smallest absolute Gasteiger partial charge is 0.254 e. The highest BCUT2D eigenvalue weighted by atomic mass is 16.3. The minimum absolute atomic E-state index is 0.0326. The van der Waals surface area contributed by atoms with Crippen LogP contribution in [0.4, 0.5) is 0 Å². The SMILES string of the molecule is C[C@H](CCO)NC(=O)C1(C)CCCN1C(=O)c1ccccc1. The zero-order chi connectivity index (χ0) is 16.2. The highest BCUT2D eigenvalue weighted by Gasteiger charge is 2.46. The van der Waals surface area contributed by atoms with Gasteiger partial charge in [0.15, 0.2) is 0 Å². The molecular weight excluding hydrogens is 280 g/mol. The number of aliphatic hydroxyl groups is 1. The monoisotopic (exact) mass is 304 g/mol. The number of benzene rings is 1. The number of hydrogen-bond donors (Lipinski definition) is 2. The zero-order valence-corrected chi connectivity index (χ0v) is 13.2. The van der Waals surface area contributed by atoms with Crippen LogP contribution in [0.3, 0.4) is 0 Å². The van der Waals surface area contributed by atoms with Crippen LogP contribution in [0.1, 0.15) is 43.5 Å². The summed E-state index contributed by atoms with van der Waals surface area (Å²) in [5.74, 6) is -0.249. The Bertz CT molecular complexity index is 532. The average molecular weight is 304 g/mol. The van der Waals surface area contributed by atoms with Crippen molar-refractivity contribution >= 4 is 11.8 Å². The highest BCUT2D eigenvalue weighted by molar-refractivity contribution is 5.99. The molecule has 22 heavy (non-hydrogen) atoms. The summed E-state index contributed by atoms with van der Waals surface area (Å²) in [7, 11) is 0. The summed E-state index contributed by atoms with van der Waals surface area (Å²) in [6, 6.07) is 8.95. The maximum Gasteiger partial charge on any atom is 0.254 e. The van der Waals surface area contributed by atoms with E-state index in [1.807, 2.05) is 32.0 Å². The van der Waals surface area contributed by atoms with Crippen LogP contribution in [0, 0.1) is 0 Å². The predicted molar refractivity (Wildman–Crippen MR) is 84.4 cm³/mol. The maximum atomic E-state index is 12.7. The fourth-order valence-electron chi connectivity index (χ4n) is 2.91. The number of carbonyl (C=O) groups is 2. The number of hydrogen-bond acceptors (Lipinski definition) is 3. The zero-order valence-electron chi connectivity index (χ0n) is 13.2. The largest absolute Gasteiger partial charge is 0.396 e. The van der Waals surface area contributed by atoms with Gasteiger partial charge in [-0.25, -0.2) is 0 Å². The molecule has 2 amide bonds. The van der Waals surface area contributed by atoms with E-state index in [1.54, 1.807) is 17.0 Å². The Kier molecular flexibility index (Phi) is 5.19. The van der Waals surface area contributed by atoms with Crippen LogP contribution in [0.15, 0.2) is 30.3 Å². The molecule has 1 heterocycles. The van der Waals surface area contributed by atoms with E-state index in [-0.39, 0.29) is 24.5 Å². The number of aliphatic hydroxyl groups excluding tert-OH is 1. The fourth-order valence-corrected chi connectivity index (χ4v) is 2.91. The first-order valence-electron chi connectivity index (χ1n) is 7.78. The van der Waals surface area contributed by atoms with Crippen LogP contribution >= 0.6 is 0 Å². The minimum atomic E-state index is -0.823. The molecule has 1 aliphatic heterocycles. The van der Waals surface area contributed by atoms with Gasteiger partial charge in [-0.1, -0.05) is 18.2 Å². The van der Waals surface area contributed by atoms with E-state index in [9.17, 15) is 9.59 Å². The van der Waals surface area contributed by atoms with Crippen LogP contribution in [-0.4, -0.2) is 46.6 Å². The molecule has 1 unspecified atom stereocenters. The van der Waals surface area contributed by atoms with Crippen LogP contribution < -0.4 is 5.32 Å². The van der Waals surface area contributed by atoms with Crippen molar-refractivity contribution in [1.82, 2.24) is 10.2 Å². The summed E-state index contributed by atoms with van der Waals surface area (Å²) in [6.45, 7) is 4.30. The summed E-state index contributed by atoms with van der Waals surface area (Å²) in [5, 5.41) is 11.9. The average Bonchev–Trinajstić information content (AvgIpc) is 2.91. The first kappa shape index (κ1) is 16.5. The number of carbonyl (C=O) groups excluding carboxylic acids is 2. The third-order valence-corrected chi connectivity index (χ3v) is 4.34. The van der Waals surface area contributed by atoms with Gasteiger partial charge in [0.25, 0.3) is 5.91 Å². The maximum absolute atomic E-state index is 12.7. The molecule has 1 fully saturated rings. The third-order valence-electron chi connectivity index (χ3n) is 4.34. The Hall–Kier alpha value is -1.88. The molecule has 2 atom stereocenters. The van der Waals surface area contributed by atoms with Gasteiger partial charge in [-0.15, -0.1) is 0 Å². The lowest BCUT2D eigenvalue weighted by molar-refractivity contribution is -0.130. The van der Waals surface area contributed by atoms with Crippen molar-refractivity contribution in [2.75, 3.05) is 13.2 Å². The van der Waals surface area contributed by atoms with Gasteiger partial charge in [0, 0.05) is 24.8 Å². The Morgan fingerprint density at radius 3 is 2.68 bits per heavy atom. The summed E-state index contributed by atoms with van der Waals surface area (Å²) in [4.78, 5) is 27.0. The molecule has 1 aromatic rings. The second-order valence-corrected chi connectivity index (χ2v) is 6.09. The third kappa shape index (κ3) is 3.30. The molecule has 5 heteroatoms. The summed E-state index contributed by atoms with van der Waals surface area (Å²) in [5.41, 5.74) is -0.219. The Labute approximate surface area is 131 Å². The van der Waals surface area contributed by atoms with Gasteiger partial charge in [0.1, 0.15) is 5.54 Å². The molecule has 0 saturated carbocycles. The van der Waals surface area contributed by atoms with E-state index in [4.69, 9.17) is 5.11 Å². The van der Waals surface area contributed by atoms with Gasteiger partial charge in [-0.05, 0) is 45.2 Å². The summed E-state index contributed by atoms with van der Waals surface area (Å²) < 4.78 is 0. The summed E-state index contributed by atoms with van der Waals surface area (Å²) >= 11 is 0. The number of rotatable bonds is 5. The molecule has 0 aromatic heterocycles. The van der Waals surface area contributed by atoms with Crippen LogP contribution in [0.5, 0.6) is 0 Å². The Morgan fingerprint density at radius 1 is 1.36 bits per heavy atom. The van der Waals surface area contributed by atoms with Crippen molar-refractivity contribution in [3.05, 3.63) is 35.9 Å². The minimum Gasteiger partial charge on any atom is -0.396 e. The van der Waals surface area contributed by atoms with Gasteiger partial charge in [-0.2, -0.15) is 0 Å². The van der Waals surface area contributed by atoms with E-state index < -0.39 is 5.54 Å². The van der Waals surface area contributed by atoms with Gasteiger partial charge >= 0.3 is 0 Å². The van der Waals surface area contributed by atoms with Gasteiger partial charge in [-0.3, -0.25) is 9.59 Å². The lowest BCUT2D eigenvalue weighted by Crippen LogP contribution is -2.56. The fraction of sp³-hybridized carbons (Fsp3) is 0.529. The van der Waals surface area contributed by atoms with Gasteiger partial charge in [0.2, 0.25) is 5.91 Å². The van der Waals surface area contributed by atoms with E-state index >= 15 is 0 Å². The van der Waals surface area contributed by atoms with E-state index in [0.29, 0.717) is 24.9 Å². The van der Waals surface area contributed by atoms with Crippen LogP contribution in [0.2, 0.25) is 0 Å². The first-order valence-corrected chi connectivity index (χ1v) is 7.78. The Balaban J connectivity index is 2.14. The van der Waals surface area contributed by atoms with Crippen molar-refractivity contribution in [2.45, 2.75) is 44.7 Å². The molecule has 0 spiro atoms.